The summed E-state index contributed by atoms with van der Waals surface area (Å²) in [6.07, 6.45) is 0.752. The van der Waals surface area contributed by atoms with Crippen LogP contribution in [0.5, 0.6) is 0 Å². The summed E-state index contributed by atoms with van der Waals surface area (Å²) in [6, 6.07) is 21.7. The predicted molar refractivity (Wildman–Crippen MR) is 116 cm³/mol. The van der Waals surface area contributed by atoms with Gasteiger partial charge < -0.3 is 16.4 Å². The largest absolute Gasteiger partial charge is 0.351 e. The Morgan fingerprint density at radius 2 is 1.52 bits per heavy atom. The second-order valence-corrected chi connectivity index (χ2v) is 7.58. The normalized spacial score (nSPS) is 10.6. The first kappa shape index (κ1) is 18.6. The lowest BCUT2D eigenvalue weighted by atomic mass is 10.1. The number of hydrogen-bond donors (Lipinski definition) is 3. The van der Waals surface area contributed by atoms with Gasteiger partial charge in [0.1, 0.15) is 0 Å². The van der Waals surface area contributed by atoms with Gasteiger partial charge in [0, 0.05) is 23.4 Å². The number of aromatic nitrogens is 1. The highest BCUT2D eigenvalue weighted by atomic mass is 32.1. The van der Waals surface area contributed by atoms with Crippen molar-refractivity contribution in [3.05, 3.63) is 88.9 Å². The summed E-state index contributed by atoms with van der Waals surface area (Å²) in [5, 5.41) is 6.39. The van der Waals surface area contributed by atoms with E-state index in [-0.39, 0.29) is 5.91 Å². The predicted octanol–water partition coefficient (Wildman–Crippen LogP) is 4.63. The van der Waals surface area contributed by atoms with Crippen LogP contribution in [-0.4, -0.2) is 16.9 Å². The topological polar surface area (TPSA) is 97.1 Å². The molecule has 3 amide bonds. The van der Waals surface area contributed by atoms with Crippen LogP contribution in [0.1, 0.15) is 20.9 Å². The molecule has 1 aromatic heterocycles. The Balaban J connectivity index is 1.39. The average molecular weight is 402 g/mol. The van der Waals surface area contributed by atoms with Crippen molar-refractivity contribution in [2.24, 2.45) is 5.73 Å². The summed E-state index contributed by atoms with van der Waals surface area (Å²) in [4.78, 5) is 27.9. The highest BCUT2D eigenvalue weighted by Crippen LogP contribution is 2.24. The Bertz CT molecular complexity index is 1130. The molecule has 4 N–H and O–H groups in total. The third-order valence-electron chi connectivity index (χ3n) is 4.32. The molecule has 1 heterocycles. The molecule has 4 aromatic rings. The van der Waals surface area contributed by atoms with Gasteiger partial charge in [0.25, 0.3) is 5.91 Å². The van der Waals surface area contributed by atoms with E-state index >= 15 is 0 Å². The van der Waals surface area contributed by atoms with E-state index in [1.807, 2.05) is 42.5 Å². The standard InChI is InChI=1S/C22H18N4O2S/c23-22(28)25-17-11-7-15(8-12-17)21(27)24-16-9-5-14(6-10-16)13-20-26-18-3-1-2-4-19(18)29-20/h1-12H,13H2,(H,24,27)(H3,23,25,28). The van der Waals surface area contributed by atoms with Gasteiger partial charge in [-0.25, -0.2) is 9.78 Å². The number of rotatable bonds is 5. The second-order valence-electron chi connectivity index (χ2n) is 6.47. The number of anilines is 2. The Morgan fingerprint density at radius 3 is 2.21 bits per heavy atom. The molecule has 0 bridgehead atoms. The summed E-state index contributed by atoms with van der Waals surface area (Å²) < 4.78 is 1.18. The summed E-state index contributed by atoms with van der Waals surface area (Å²) in [6.45, 7) is 0. The minimum atomic E-state index is -0.645. The molecule has 0 aliphatic rings. The van der Waals surface area contributed by atoms with Crippen LogP contribution in [0.4, 0.5) is 16.2 Å². The first-order valence-corrected chi connectivity index (χ1v) is 9.80. The van der Waals surface area contributed by atoms with Crippen molar-refractivity contribution < 1.29 is 9.59 Å². The number of urea groups is 1. The summed E-state index contributed by atoms with van der Waals surface area (Å²) in [5.74, 6) is -0.227. The number of carbonyl (C=O) groups is 2. The molecule has 0 radical (unpaired) electrons. The fourth-order valence-electron chi connectivity index (χ4n) is 2.93. The number of hydrogen-bond acceptors (Lipinski definition) is 4. The molecule has 0 saturated heterocycles. The molecule has 0 fully saturated rings. The Hall–Kier alpha value is -3.71. The highest BCUT2D eigenvalue weighted by Gasteiger charge is 2.08. The molecule has 4 rings (SSSR count). The lowest BCUT2D eigenvalue weighted by Gasteiger charge is -2.07. The zero-order valence-electron chi connectivity index (χ0n) is 15.4. The van der Waals surface area contributed by atoms with E-state index < -0.39 is 6.03 Å². The monoisotopic (exact) mass is 402 g/mol. The Kier molecular flexibility index (Phi) is 5.22. The van der Waals surface area contributed by atoms with E-state index in [0.717, 1.165) is 22.5 Å². The highest BCUT2D eigenvalue weighted by molar-refractivity contribution is 7.18. The molecule has 0 aliphatic heterocycles. The molecule has 3 aromatic carbocycles. The fraction of sp³-hybridized carbons (Fsp3) is 0.0455. The zero-order chi connectivity index (χ0) is 20.2. The summed E-state index contributed by atoms with van der Waals surface area (Å²) >= 11 is 1.69. The molecule has 6 nitrogen and oxygen atoms in total. The van der Waals surface area contributed by atoms with Gasteiger partial charge in [-0.05, 0) is 54.1 Å². The second kappa shape index (κ2) is 8.12. The molecule has 0 spiro atoms. The molecular weight excluding hydrogens is 384 g/mol. The fourth-order valence-corrected chi connectivity index (χ4v) is 3.93. The number of benzene rings is 3. The van der Waals surface area contributed by atoms with Crippen molar-refractivity contribution in [3.8, 4) is 0 Å². The number of fused-ring (bicyclic) bond motifs is 1. The molecule has 0 atom stereocenters. The van der Waals surface area contributed by atoms with Crippen LogP contribution in [0.2, 0.25) is 0 Å². The number of primary amides is 1. The SMILES string of the molecule is NC(=O)Nc1ccc(C(=O)Nc2ccc(Cc3nc4ccccc4s3)cc2)cc1. The van der Waals surface area contributed by atoms with E-state index in [9.17, 15) is 9.59 Å². The van der Waals surface area contributed by atoms with Gasteiger partial charge in [-0.2, -0.15) is 0 Å². The first-order valence-electron chi connectivity index (χ1n) is 8.98. The Labute approximate surface area is 171 Å². The molecular formula is C22H18N4O2S. The maximum Gasteiger partial charge on any atom is 0.316 e. The van der Waals surface area contributed by atoms with E-state index in [0.29, 0.717) is 16.9 Å². The van der Waals surface area contributed by atoms with Crippen LogP contribution >= 0.6 is 11.3 Å². The minimum absolute atomic E-state index is 0.227. The minimum Gasteiger partial charge on any atom is -0.351 e. The lowest BCUT2D eigenvalue weighted by molar-refractivity contribution is 0.102. The van der Waals surface area contributed by atoms with Gasteiger partial charge in [-0.15, -0.1) is 11.3 Å². The number of nitrogens with one attached hydrogen (secondary N) is 2. The van der Waals surface area contributed by atoms with Crippen LogP contribution in [0.3, 0.4) is 0 Å². The Morgan fingerprint density at radius 1 is 0.862 bits per heavy atom. The van der Waals surface area contributed by atoms with Crippen molar-refractivity contribution in [1.82, 2.24) is 4.98 Å². The maximum absolute atomic E-state index is 12.4. The molecule has 0 unspecified atom stereocenters. The van der Waals surface area contributed by atoms with E-state index in [1.165, 1.54) is 4.70 Å². The van der Waals surface area contributed by atoms with Gasteiger partial charge in [0.15, 0.2) is 0 Å². The number of carbonyl (C=O) groups excluding carboxylic acids is 2. The van der Waals surface area contributed by atoms with Crippen molar-refractivity contribution in [3.63, 3.8) is 0 Å². The third kappa shape index (κ3) is 4.59. The van der Waals surface area contributed by atoms with Gasteiger partial charge in [0.2, 0.25) is 0 Å². The van der Waals surface area contributed by atoms with Crippen LogP contribution in [0.25, 0.3) is 10.2 Å². The number of nitrogens with zero attached hydrogens (tertiary/aromatic N) is 1. The average Bonchev–Trinajstić information content (AvgIpc) is 3.12. The lowest BCUT2D eigenvalue weighted by Crippen LogP contribution is -2.19. The van der Waals surface area contributed by atoms with E-state index in [2.05, 4.69) is 21.7 Å². The zero-order valence-corrected chi connectivity index (χ0v) is 16.2. The maximum atomic E-state index is 12.4. The van der Waals surface area contributed by atoms with Crippen LogP contribution in [0.15, 0.2) is 72.8 Å². The van der Waals surface area contributed by atoms with Crippen molar-refractivity contribution in [2.75, 3.05) is 10.6 Å². The van der Waals surface area contributed by atoms with Crippen molar-refractivity contribution in [2.45, 2.75) is 6.42 Å². The van der Waals surface area contributed by atoms with Crippen molar-refractivity contribution in [1.29, 1.82) is 0 Å². The molecule has 7 heteroatoms. The van der Waals surface area contributed by atoms with E-state index in [1.54, 1.807) is 35.6 Å². The number of para-hydroxylation sites is 1. The van der Waals surface area contributed by atoms with Gasteiger partial charge >= 0.3 is 6.03 Å². The number of thiazole rings is 1. The van der Waals surface area contributed by atoms with Crippen molar-refractivity contribution >= 4 is 44.9 Å². The summed E-state index contributed by atoms with van der Waals surface area (Å²) in [7, 11) is 0. The molecule has 29 heavy (non-hydrogen) atoms. The third-order valence-corrected chi connectivity index (χ3v) is 5.36. The van der Waals surface area contributed by atoms with Crippen LogP contribution in [-0.2, 0) is 6.42 Å². The van der Waals surface area contributed by atoms with Crippen LogP contribution < -0.4 is 16.4 Å². The van der Waals surface area contributed by atoms with Gasteiger partial charge in [-0.3, -0.25) is 4.79 Å². The van der Waals surface area contributed by atoms with Gasteiger partial charge in [0.05, 0.1) is 15.2 Å². The number of amides is 3. The van der Waals surface area contributed by atoms with E-state index in [4.69, 9.17) is 5.73 Å². The number of nitrogens with two attached hydrogens (primary N) is 1. The van der Waals surface area contributed by atoms with Crippen LogP contribution in [0, 0.1) is 0 Å². The summed E-state index contributed by atoms with van der Waals surface area (Å²) in [5.41, 5.74) is 8.95. The molecule has 0 saturated carbocycles. The van der Waals surface area contributed by atoms with Gasteiger partial charge in [-0.1, -0.05) is 24.3 Å². The first-order chi connectivity index (χ1) is 14.1. The smallest absolute Gasteiger partial charge is 0.316 e. The molecule has 0 aliphatic carbocycles. The quantitative estimate of drug-likeness (QED) is 0.454. The molecule has 144 valence electrons.